The molecule has 1 unspecified atom stereocenters. The van der Waals surface area contributed by atoms with Crippen molar-refractivity contribution in [2.75, 3.05) is 0 Å². The smallest absolute Gasteiger partial charge is 0.163 e. The second-order valence-electron chi connectivity index (χ2n) is 4.49. The van der Waals surface area contributed by atoms with Gasteiger partial charge in [0.15, 0.2) is 5.78 Å². The molecule has 0 saturated carbocycles. The first kappa shape index (κ1) is 9.45. The summed E-state index contributed by atoms with van der Waals surface area (Å²) in [5.41, 5.74) is 4.70. The molecule has 0 amide bonds. The molecule has 0 aromatic heterocycles. The molecule has 74 valence electrons. The SMILES string of the molecule is Cc1ccc(C)c2c1CC(C)CC2=O. The van der Waals surface area contributed by atoms with Crippen LogP contribution in [-0.2, 0) is 6.42 Å². The van der Waals surface area contributed by atoms with Gasteiger partial charge in [-0.05, 0) is 42.9 Å². The molecule has 2 rings (SSSR count). The Kier molecular flexibility index (Phi) is 2.18. The summed E-state index contributed by atoms with van der Waals surface area (Å²) >= 11 is 0. The molecule has 0 saturated heterocycles. The molecule has 0 radical (unpaired) electrons. The molecule has 0 aliphatic heterocycles. The molecule has 1 heteroatoms. The predicted molar refractivity (Wildman–Crippen MR) is 57.7 cm³/mol. The standard InChI is InChI=1S/C13H16O/c1-8-6-11-9(2)4-5-10(3)13(11)12(14)7-8/h4-5,8H,6-7H2,1-3H3. The Balaban J connectivity index is 2.63. The molecule has 1 aliphatic rings. The van der Waals surface area contributed by atoms with Gasteiger partial charge in [-0.2, -0.15) is 0 Å². The lowest BCUT2D eigenvalue weighted by atomic mass is 9.80. The summed E-state index contributed by atoms with van der Waals surface area (Å²) < 4.78 is 0. The number of Topliss-reactive ketones (excluding diaryl/α,β-unsaturated/α-hetero) is 1. The van der Waals surface area contributed by atoms with Gasteiger partial charge in [-0.3, -0.25) is 4.79 Å². The van der Waals surface area contributed by atoms with Gasteiger partial charge < -0.3 is 0 Å². The van der Waals surface area contributed by atoms with Crippen LogP contribution in [0.2, 0.25) is 0 Å². The Hall–Kier alpha value is -1.11. The van der Waals surface area contributed by atoms with Gasteiger partial charge in [0.1, 0.15) is 0 Å². The Morgan fingerprint density at radius 3 is 2.50 bits per heavy atom. The normalized spacial score (nSPS) is 20.8. The van der Waals surface area contributed by atoms with Crippen molar-refractivity contribution in [2.24, 2.45) is 5.92 Å². The minimum Gasteiger partial charge on any atom is -0.294 e. The first-order valence-corrected chi connectivity index (χ1v) is 5.22. The van der Waals surface area contributed by atoms with Gasteiger partial charge in [-0.25, -0.2) is 0 Å². The van der Waals surface area contributed by atoms with Crippen LogP contribution in [0.3, 0.4) is 0 Å². The lowest BCUT2D eigenvalue weighted by molar-refractivity contribution is 0.0952. The van der Waals surface area contributed by atoms with E-state index >= 15 is 0 Å². The molecule has 1 aliphatic carbocycles. The average Bonchev–Trinajstić information content (AvgIpc) is 2.10. The van der Waals surface area contributed by atoms with E-state index in [0.717, 1.165) is 24.0 Å². The average molecular weight is 188 g/mol. The van der Waals surface area contributed by atoms with Crippen LogP contribution >= 0.6 is 0 Å². The summed E-state index contributed by atoms with van der Waals surface area (Å²) in [6.07, 6.45) is 1.78. The van der Waals surface area contributed by atoms with E-state index in [1.54, 1.807) is 0 Å². The Morgan fingerprint density at radius 1 is 1.14 bits per heavy atom. The monoisotopic (exact) mass is 188 g/mol. The van der Waals surface area contributed by atoms with Crippen LogP contribution in [0.15, 0.2) is 12.1 Å². The summed E-state index contributed by atoms with van der Waals surface area (Å²) in [5.74, 6) is 0.843. The molecule has 14 heavy (non-hydrogen) atoms. The van der Waals surface area contributed by atoms with Crippen molar-refractivity contribution in [3.8, 4) is 0 Å². The highest BCUT2D eigenvalue weighted by Crippen LogP contribution is 2.29. The Labute approximate surface area is 85.1 Å². The minimum atomic E-state index is 0.333. The summed E-state index contributed by atoms with van der Waals surface area (Å²) in [4.78, 5) is 11.9. The van der Waals surface area contributed by atoms with Crippen LogP contribution in [0, 0.1) is 19.8 Å². The number of carbonyl (C=O) groups is 1. The van der Waals surface area contributed by atoms with Gasteiger partial charge in [-0.15, -0.1) is 0 Å². The van der Waals surface area contributed by atoms with Crippen LogP contribution < -0.4 is 0 Å². The summed E-state index contributed by atoms with van der Waals surface area (Å²) in [7, 11) is 0. The number of rotatable bonds is 0. The Bertz CT molecular complexity index is 390. The van der Waals surface area contributed by atoms with Crippen LogP contribution in [-0.4, -0.2) is 5.78 Å². The third-order valence-electron chi connectivity index (χ3n) is 3.12. The molecule has 0 N–H and O–H groups in total. The van der Waals surface area contributed by atoms with Crippen LogP contribution in [0.4, 0.5) is 0 Å². The number of hydrogen-bond donors (Lipinski definition) is 0. The number of hydrogen-bond acceptors (Lipinski definition) is 1. The van der Waals surface area contributed by atoms with Crippen molar-refractivity contribution in [1.29, 1.82) is 0 Å². The first-order chi connectivity index (χ1) is 6.59. The fraction of sp³-hybridized carbons (Fsp3) is 0.462. The number of fused-ring (bicyclic) bond motifs is 1. The second-order valence-corrected chi connectivity index (χ2v) is 4.49. The van der Waals surface area contributed by atoms with E-state index in [-0.39, 0.29) is 0 Å². The lowest BCUT2D eigenvalue weighted by Crippen LogP contribution is -2.20. The van der Waals surface area contributed by atoms with Gasteiger partial charge in [0, 0.05) is 12.0 Å². The minimum absolute atomic E-state index is 0.333. The highest BCUT2D eigenvalue weighted by molar-refractivity contribution is 6.00. The molecule has 0 spiro atoms. The Morgan fingerprint density at radius 2 is 1.79 bits per heavy atom. The quantitative estimate of drug-likeness (QED) is 0.611. The summed E-state index contributed by atoms with van der Waals surface area (Å²) in [6, 6.07) is 4.18. The third kappa shape index (κ3) is 1.37. The van der Waals surface area contributed by atoms with Gasteiger partial charge in [0.25, 0.3) is 0 Å². The number of ketones is 1. The van der Waals surface area contributed by atoms with Gasteiger partial charge in [0.2, 0.25) is 0 Å². The van der Waals surface area contributed by atoms with Gasteiger partial charge in [0.05, 0.1) is 0 Å². The molecule has 1 aromatic rings. The largest absolute Gasteiger partial charge is 0.294 e. The molecule has 1 nitrogen and oxygen atoms in total. The zero-order valence-electron chi connectivity index (χ0n) is 9.05. The zero-order chi connectivity index (χ0) is 10.3. The van der Waals surface area contributed by atoms with E-state index < -0.39 is 0 Å². The maximum Gasteiger partial charge on any atom is 0.163 e. The lowest BCUT2D eigenvalue weighted by Gasteiger charge is -2.23. The van der Waals surface area contributed by atoms with E-state index in [2.05, 4.69) is 26.0 Å². The van der Waals surface area contributed by atoms with E-state index in [0.29, 0.717) is 11.7 Å². The van der Waals surface area contributed by atoms with Crippen molar-refractivity contribution in [3.63, 3.8) is 0 Å². The van der Waals surface area contributed by atoms with Crippen LogP contribution in [0.25, 0.3) is 0 Å². The molecular formula is C13H16O. The van der Waals surface area contributed by atoms with E-state index in [9.17, 15) is 4.79 Å². The maximum absolute atomic E-state index is 11.9. The molecule has 0 fully saturated rings. The number of aryl methyl sites for hydroxylation is 2. The van der Waals surface area contributed by atoms with E-state index in [4.69, 9.17) is 0 Å². The van der Waals surface area contributed by atoms with Crippen molar-refractivity contribution in [2.45, 2.75) is 33.6 Å². The summed E-state index contributed by atoms with van der Waals surface area (Å²) in [6.45, 7) is 6.29. The number of carbonyl (C=O) groups excluding carboxylic acids is 1. The molecular weight excluding hydrogens is 172 g/mol. The zero-order valence-corrected chi connectivity index (χ0v) is 9.05. The fourth-order valence-corrected chi connectivity index (χ4v) is 2.36. The summed E-state index contributed by atoms with van der Waals surface area (Å²) in [5, 5.41) is 0. The van der Waals surface area contributed by atoms with E-state index in [1.165, 1.54) is 11.1 Å². The first-order valence-electron chi connectivity index (χ1n) is 5.22. The van der Waals surface area contributed by atoms with Crippen molar-refractivity contribution >= 4 is 5.78 Å². The molecule has 0 bridgehead atoms. The maximum atomic E-state index is 11.9. The number of benzene rings is 1. The molecule has 0 heterocycles. The van der Waals surface area contributed by atoms with E-state index in [1.807, 2.05) is 6.92 Å². The predicted octanol–water partition coefficient (Wildman–Crippen LogP) is 3.07. The topological polar surface area (TPSA) is 17.1 Å². The van der Waals surface area contributed by atoms with Crippen molar-refractivity contribution in [1.82, 2.24) is 0 Å². The molecule has 1 aromatic carbocycles. The third-order valence-corrected chi connectivity index (χ3v) is 3.12. The van der Waals surface area contributed by atoms with Crippen molar-refractivity contribution in [3.05, 3.63) is 34.4 Å². The highest BCUT2D eigenvalue weighted by Gasteiger charge is 2.24. The van der Waals surface area contributed by atoms with Crippen LogP contribution in [0.1, 0.15) is 40.4 Å². The second kappa shape index (κ2) is 3.23. The van der Waals surface area contributed by atoms with Crippen molar-refractivity contribution < 1.29 is 4.79 Å². The van der Waals surface area contributed by atoms with Crippen LogP contribution in [0.5, 0.6) is 0 Å². The molecule has 1 atom stereocenters. The fourth-order valence-electron chi connectivity index (χ4n) is 2.36. The van der Waals surface area contributed by atoms with Gasteiger partial charge >= 0.3 is 0 Å². The highest BCUT2D eigenvalue weighted by atomic mass is 16.1. The van der Waals surface area contributed by atoms with Gasteiger partial charge in [-0.1, -0.05) is 19.1 Å².